The molecule has 32 heavy (non-hydrogen) atoms. The predicted octanol–water partition coefficient (Wildman–Crippen LogP) is 4.24. The average Bonchev–Trinajstić information content (AvgIpc) is 2.79. The van der Waals surface area contributed by atoms with Crippen LogP contribution in [0, 0.1) is 24.0 Å². The lowest BCUT2D eigenvalue weighted by Gasteiger charge is -2.15. The number of nitrogens with one attached hydrogen (secondary N) is 1. The second-order valence-corrected chi connectivity index (χ2v) is 6.86. The predicted molar refractivity (Wildman–Crippen MR) is 116 cm³/mol. The van der Waals surface area contributed by atoms with Gasteiger partial charge in [-0.05, 0) is 35.6 Å². The molecule has 1 amide bonds. The topological polar surface area (TPSA) is 73.2 Å². The highest BCUT2D eigenvalue weighted by Crippen LogP contribution is 2.37. The first-order valence-electron chi connectivity index (χ1n) is 9.36. The van der Waals surface area contributed by atoms with E-state index in [0.717, 1.165) is 12.1 Å². The minimum atomic E-state index is -0.909. The Morgan fingerprint density at radius 1 is 1.12 bits per heavy atom. The molecule has 0 aliphatic carbocycles. The van der Waals surface area contributed by atoms with Gasteiger partial charge in [-0.2, -0.15) is 0 Å². The summed E-state index contributed by atoms with van der Waals surface area (Å²) in [5.74, 6) is -0.650. The summed E-state index contributed by atoms with van der Waals surface area (Å²) in [6, 6.07) is 11.4. The molecular weight excluding hydrogens is 416 g/mol. The van der Waals surface area contributed by atoms with Crippen molar-refractivity contribution in [1.82, 2.24) is 9.55 Å². The third kappa shape index (κ3) is 3.91. The van der Waals surface area contributed by atoms with Gasteiger partial charge in [0.2, 0.25) is 5.88 Å². The number of aryl methyl sites for hydroxylation is 1. The fraction of sp³-hybridized carbons (Fsp3) is 0.0417. The number of rotatable bonds is 4. The molecule has 0 unspecified atom stereocenters. The van der Waals surface area contributed by atoms with Gasteiger partial charge in [-0.3, -0.25) is 9.59 Å². The van der Waals surface area contributed by atoms with Crippen molar-refractivity contribution >= 4 is 22.4 Å². The number of hydrogen-bond acceptors (Lipinski definition) is 4. The summed E-state index contributed by atoms with van der Waals surface area (Å²) in [7, 11) is 1.59. The van der Waals surface area contributed by atoms with E-state index in [4.69, 9.17) is 11.2 Å². The zero-order valence-electron chi connectivity index (χ0n) is 16.7. The number of halogens is 2. The Morgan fingerprint density at radius 2 is 1.88 bits per heavy atom. The second kappa shape index (κ2) is 8.32. The van der Waals surface area contributed by atoms with Crippen LogP contribution in [-0.4, -0.2) is 15.5 Å². The van der Waals surface area contributed by atoms with E-state index in [1.165, 1.54) is 10.8 Å². The Hall–Kier alpha value is -4.51. The van der Waals surface area contributed by atoms with Crippen molar-refractivity contribution in [2.24, 2.45) is 7.05 Å². The first-order valence-corrected chi connectivity index (χ1v) is 9.36. The van der Waals surface area contributed by atoms with Gasteiger partial charge in [-0.1, -0.05) is 18.2 Å². The lowest BCUT2D eigenvalue weighted by Crippen LogP contribution is -2.16. The van der Waals surface area contributed by atoms with Gasteiger partial charge >= 0.3 is 0 Å². The van der Waals surface area contributed by atoms with Crippen LogP contribution >= 0.6 is 0 Å². The fourth-order valence-corrected chi connectivity index (χ4v) is 3.26. The van der Waals surface area contributed by atoms with Crippen LogP contribution in [0.2, 0.25) is 0 Å². The molecule has 0 fully saturated rings. The zero-order valence-corrected chi connectivity index (χ0v) is 16.7. The monoisotopic (exact) mass is 431 g/mol. The van der Waals surface area contributed by atoms with Crippen molar-refractivity contribution in [3.05, 3.63) is 82.9 Å². The molecular formula is C24H15F2N3O3. The lowest BCUT2D eigenvalue weighted by molar-refractivity contribution is -0.111. The molecule has 4 aromatic rings. The van der Waals surface area contributed by atoms with E-state index < -0.39 is 17.5 Å². The van der Waals surface area contributed by atoms with Crippen LogP contribution < -0.4 is 15.6 Å². The number of nitrogens with zero attached hydrogens (tertiary/aromatic N) is 2. The number of aromatic nitrogens is 2. The zero-order chi connectivity index (χ0) is 22.8. The van der Waals surface area contributed by atoms with Crippen LogP contribution in [0.1, 0.15) is 0 Å². The van der Waals surface area contributed by atoms with Gasteiger partial charge in [0.05, 0.1) is 11.9 Å². The van der Waals surface area contributed by atoms with E-state index in [0.29, 0.717) is 28.0 Å². The SMILES string of the molecule is C#CC(=O)Nc1cnc(Oc2ccc(F)cc2F)c(-c2cn(C)c(=O)c3ccccc23)c1. The minimum Gasteiger partial charge on any atom is -0.435 e. The van der Waals surface area contributed by atoms with Gasteiger partial charge in [-0.15, -0.1) is 6.42 Å². The van der Waals surface area contributed by atoms with Crippen molar-refractivity contribution < 1.29 is 18.3 Å². The number of amides is 1. The maximum absolute atomic E-state index is 14.2. The van der Waals surface area contributed by atoms with Crippen molar-refractivity contribution in [3.63, 3.8) is 0 Å². The maximum atomic E-state index is 14.2. The minimum absolute atomic E-state index is 0.0157. The summed E-state index contributed by atoms with van der Waals surface area (Å²) in [5, 5.41) is 3.55. The van der Waals surface area contributed by atoms with Crippen LogP contribution in [0.4, 0.5) is 14.5 Å². The van der Waals surface area contributed by atoms with Crippen molar-refractivity contribution in [1.29, 1.82) is 0 Å². The van der Waals surface area contributed by atoms with Crippen LogP contribution in [0.15, 0.2) is 65.7 Å². The Kier molecular flexibility index (Phi) is 5.39. The first-order chi connectivity index (χ1) is 15.4. The van der Waals surface area contributed by atoms with Gasteiger partial charge in [0.1, 0.15) is 5.82 Å². The Morgan fingerprint density at radius 3 is 2.59 bits per heavy atom. The molecule has 8 heteroatoms. The number of hydrogen-bond donors (Lipinski definition) is 1. The number of pyridine rings is 2. The van der Waals surface area contributed by atoms with Gasteiger partial charge in [0.25, 0.3) is 11.5 Å². The molecule has 0 aliphatic rings. The van der Waals surface area contributed by atoms with Crippen LogP contribution in [0.25, 0.3) is 21.9 Å². The van der Waals surface area contributed by atoms with E-state index in [-0.39, 0.29) is 22.9 Å². The number of benzene rings is 2. The molecule has 0 atom stereocenters. The number of anilines is 1. The number of ether oxygens (including phenoxy) is 1. The average molecular weight is 431 g/mol. The summed E-state index contributed by atoms with van der Waals surface area (Å²) in [4.78, 5) is 28.4. The van der Waals surface area contributed by atoms with E-state index in [1.807, 2.05) is 5.92 Å². The number of carbonyl (C=O) groups is 1. The normalized spacial score (nSPS) is 10.6. The second-order valence-electron chi connectivity index (χ2n) is 6.86. The summed E-state index contributed by atoms with van der Waals surface area (Å²) < 4.78 is 34.6. The van der Waals surface area contributed by atoms with E-state index >= 15 is 0 Å². The summed E-state index contributed by atoms with van der Waals surface area (Å²) >= 11 is 0. The van der Waals surface area contributed by atoms with Crippen LogP contribution in [0.3, 0.4) is 0 Å². The third-order valence-electron chi connectivity index (χ3n) is 4.72. The Balaban J connectivity index is 1.95. The highest BCUT2D eigenvalue weighted by molar-refractivity contribution is 6.04. The molecule has 2 aromatic heterocycles. The largest absolute Gasteiger partial charge is 0.435 e. The van der Waals surface area contributed by atoms with Crippen LogP contribution in [0.5, 0.6) is 11.6 Å². The Bertz CT molecular complexity index is 1470. The summed E-state index contributed by atoms with van der Waals surface area (Å²) in [5.41, 5.74) is 0.967. The summed E-state index contributed by atoms with van der Waals surface area (Å²) in [6.45, 7) is 0. The molecule has 0 spiro atoms. The van der Waals surface area contributed by atoms with Crippen molar-refractivity contribution in [3.8, 4) is 35.1 Å². The molecule has 4 rings (SSSR count). The smallest absolute Gasteiger partial charge is 0.300 e. The number of terminal acetylenes is 1. The van der Waals surface area contributed by atoms with E-state index in [2.05, 4.69) is 10.3 Å². The number of carbonyl (C=O) groups excluding carboxylic acids is 1. The molecule has 0 bridgehead atoms. The molecule has 1 N–H and O–H groups in total. The molecule has 0 saturated heterocycles. The molecule has 2 heterocycles. The van der Waals surface area contributed by atoms with Gasteiger partial charge in [0, 0.05) is 35.8 Å². The quantitative estimate of drug-likeness (QED) is 0.491. The number of fused-ring (bicyclic) bond motifs is 1. The molecule has 2 aromatic carbocycles. The maximum Gasteiger partial charge on any atom is 0.300 e. The molecule has 0 aliphatic heterocycles. The van der Waals surface area contributed by atoms with Gasteiger partial charge < -0.3 is 14.6 Å². The highest BCUT2D eigenvalue weighted by Gasteiger charge is 2.18. The van der Waals surface area contributed by atoms with E-state index in [1.54, 1.807) is 43.6 Å². The molecule has 6 nitrogen and oxygen atoms in total. The molecule has 0 radical (unpaired) electrons. The van der Waals surface area contributed by atoms with Gasteiger partial charge in [-0.25, -0.2) is 13.8 Å². The standard InChI is InChI=1S/C24H15F2N3O3/c1-3-22(30)28-15-11-18(19-13-29(2)24(31)17-7-5-4-6-16(17)19)23(27-12-15)32-21-9-8-14(25)10-20(21)26/h1,4-13H,2H3,(H,28,30). The molecule has 0 saturated carbocycles. The van der Waals surface area contributed by atoms with Crippen molar-refractivity contribution in [2.45, 2.75) is 0 Å². The Labute approximate surface area is 181 Å². The van der Waals surface area contributed by atoms with E-state index in [9.17, 15) is 18.4 Å². The first kappa shape index (κ1) is 20.8. The fourth-order valence-electron chi connectivity index (χ4n) is 3.26. The van der Waals surface area contributed by atoms with Gasteiger partial charge in [0.15, 0.2) is 11.6 Å². The highest BCUT2D eigenvalue weighted by atomic mass is 19.1. The lowest BCUT2D eigenvalue weighted by atomic mass is 10.0. The third-order valence-corrected chi connectivity index (χ3v) is 4.72. The molecule has 158 valence electrons. The van der Waals surface area contributed by atoms with Crippen molar-refractivity contribution in [2.75, 3.05) is 5.32 Å². The van der Waals surface area contributed by atoms with Crippen LogP contribution in [-0.2, 0) is 11.8 Å². The summed E-state index contributed by atoms with van der Waals surface area (Å²) in [6.07, 6.45) is 8.00.